The van der Waals surface area contributed by atoms with Crippen molar-refractivity contribution in [3.63, 3.8) is 0 Å². The number of esters is 2. The highest BCUT2D eigenvalue weighted by molar-refractivity contribution is 5.96. The highest BCUT2D eigenvalue weighted by atomic mass is 16.6. The third kappa shape index (κ3) is 5.30. The number of hydrogen-bond donors (Lipinski definition) is 3. The summed E-state index contributed by atoms with van der Waals surface area (Å²) < 4.78 is 12.0. The monoisotopic (exact) mass is 616 g/mol. The normalized spacial score (nSPS) is 37.6. The van der Waals surface area contributed by atoms with E-state index in [-0.39, 0.29) is 35.8 Å². The maximum atomic E-state index is 14.7. The molecule has 2 fully saturated rings. The van der Waals surface area contributed by atoms with Gasteiger partial charge in [-0.05, 0) is 42.7 Å². The number of fused-ring (bicyclic) bond motifs is 3. The number of ether oxygens (including phenoxy) is 2. The molecule has 44 heavy (non-hydrogen) atoms. The highest BCUT2D eigenvalue weighted by Crippen LogP contribution is 2.75. The molecule has 0 amide bonds. The Labute approximate surface area is 263 Å². The SMILES string of the molecule is CCCCCCCCCC(=O)O[C@@]12C[C@@H](C)C34C=C(C)C(O)C3(O)C(O)C(COC(=O)C(C)C(C)C)=CC(C4=O)[C@H]1C2(C)C. The first-order chi connectivity index (χ1) is 20.5. The van der Waals surface area contributed by atoms with Gasteiger partial charge in [-0.25, -0.2) is 0 Å². The third-order valence-corrected chi connectivity index (χ3v) is 11.9. The predicted molar refractivity (Wildman–Crippen MR) is 167 cm³/mol. The van der Waals surface area contributed by atoms with Gasteiger partial charge in [-0.15, -0.1) is 0 Å². The molecule has 4 rings (SSSR count). The summed E-state index contributed by atoms with van der Waals surface area (Å²) in [5, 5.41) is 35.5. The summed E-state index contributed by atoms with van der Waals surface area (Å²) in [6.45, 7) is 15.0. The molecule has 0 aromatic rings. The minimum absolute atomic E-state index is 0.0419. The van der Waals surface area contributed by atoms with Crippen LogP contribution in [0.25, 0.3) is 0 Å². The van der Waals surface area contributed by atoms with Gasteiger partial charge in [0.1, 0.15) is 30.0 Å². The third-order valence-electron chi connectivity index (χ3n) is 11.9. The van der Waals surface area contributed by atoms with Gasteiger partial charge in [0.15, 0.2) is 5.78 Å². The quantitative estimate of drug-likeness (QED) is 0.141. The molecule has 0 aromatic carbocycles. The summed E-state index contributed by atoms with van der Waals surface area (Å²) in [6.07, 6.45) is 8.33. The fraction of sp³-hybridized carbons (Fsp3) is 0.806. The van der Waals surface area contributed by atoms with Crippen LogP contribution in [0.2, 0.25) is 0 Å². The molecule has 4 aliphatic carbocycles. The van der Waals surface area contributed by atoms with E-state index in [9.17, 15) is 29.7 Å². The number of hydrogen-bond acceptors (Lipinski definition) is 8. The van der Waals surface area contributed by atoms with E-state index >= 15 is 0 Å². The van der Waals surface area contributed by atoms with Crippen LogP contribution in [0.1, 0.15) is 113 Å². The van der Waals surface area contributed by atoms with E-state index in [1.165, 1.54) is 25.7 Å². The molecule has 4 aliphatic rings. The van der Waals surface area contributed by atoms with E-state index in [4.69, 9.17) is 9.47 Å². The zero-order valence-corrected chi connectivity index (χ0v) is 28.2. The Morgan fingerprint density at radius 2 is 1.64 bits per heavy atom. The predicted octanol–water partition coefficient (Wildman–Crippen LogP) is 5.46. The zero-order valence-electron chi connectivity index (χ0n) is 28.2. The molecule has 8 nitrogen and oxygen atoms in total. The molecule has 2 saturated carbocycles. The Bertz CT molecular complexity index is 1180. The van der Waals surface area contributed by atoms with Crippen molar-refractivity contribution in [3.05, 3.63) is 23.3 Å². The summed E-state index contributed by atoms with van der Waals surface area (Å²) in [6, 6.07) is 0. The molecular weight excluding hydrogens is 560 g/mol. The zero-order chi connectivity index (χ0) is 32.8. The first kappa shape index (κ1) is 34.8. The van der Waals surface area contributed by atoms with Crippen LogP contribution in [0.4, 0.5) is 0 Å². The van der Waals surface area contributed by atoms with Gasteiger partial charge >= 0.3 is 11.9 Å². The topological polar surface area (TPSA) is 130 Å². The number of carbonyl (C=O) groups is 3. The van der Waals surface area contributed by atoms with Crippen molar-refractivity contribution in [3.8, 4) is 0 Å². The molecule has 9 atom stereocenters. The summed E-state index contributed by atoms with van der Waals surface area (Å²) in [5.41, 5.74) is -4.80. The number of rotatable bonds is 13. The van der Waals surface area contributed by atoms with Gasteiger partial charge in [0.25, 0.3) is 0 Å². The molecular formula is C36H56O8. The van der Waals surface area contributed by atoms with Crippen LogP contribution in [0, 0.1) is 40.4 Å². The standard InChI is InChI=1S/C36H56O8/c1-9-10-11-12-13-14-15-16-27(37)44-35-19-23(5)34-18-22(4)29(38)36(34,42)30(39)25(20-43-32(41)24(6)21(2)3)17-26(31(34)40)28(35)33(35,7)8/h17-18,21,23-24,26,28-30,38-39,42H,9-16,19-20H2,1-8H3/t23-,24?,26?,28+,29?,30?,34?,35+,36?/m1/s1. The lowest BCUT2D eigenvalue weighted by atomic mass is 9.59. The van der Waals surface area contributed by atoms with Crippen molar-refractivity contribution in [2.75, 3.05) is 6.61 Å². The van der Waals surface area contributed by atoms with Crippen LogP contribution < -0.4 is 0 Å². The average molecular weight is 617 g/mol. The van der Waals surface area contributed by atoms with Gasteiger partial charge < -0.3 is 24.8 Å². The van der Waals surface area contributed by atoms with Crippen LogP contribution in [0.5, 0.6) is 0 Å². The molecule has 1 spiro atoms. The Morgan fingerprint density at radius 3 is 2.25 bits per heavy atom. The molecule has 3 N–H and O–H groups in total. The number of aliphatic hydroxyl groups is 3. The molecule has 2 bridgehead atoms. The van der Waals surface area contributed by atoms with Crippen molar-refractivity contribution >= 4 is 17.7 Å². The van der Waals surface area contributed by atoms with E-state index in [1.54, 1.807) is 26.0 Å². The summed E-state index contributed by atoms with van der Waals surface area (Å²) in [7, 11) is 0. The average Bonchev–Trinajstić information content (AvgIpc) is 3.37. The van der Waals surface area contributed by atoms with Crippen LogP contribution >= 0.6 is 0 Å². The van der Waals surface area contributed by atoms with E-state index in [0.717, 1.165) is 19.3 Å². The van der Waals surface area contributed by atoms with Crippen LogP contribution in [0.15, 0.2) is 23.3 Å². The van der Waals surface area contributed by atoms with E-state index < -0.39 is 58.0 Å². The van der Waals surface area contributed by atoms with Crippen LogP contribution in [-0.2, 0) is 23.9 Å². The Morgan fingerprint density at radius 1 is 1.02 bits per heavy atom. The van der Waals surface area contributed by atoms with Gasteiger partial charge in [-0.3, -0.25) is 14.4 Å². The first-order valence-electron chi connectivity index (χ1n) is 17.0. The van der Waals surface area contributed by atoms with Crippen LogP contribution in [0.3, 0.4) is 0 Å². The molecule has 248 valence electrons. The summed E-state index contributed by atoms with van der Waals surface area (Å²) in [5.74, 6) is -3.17. The molecule has 0 radical (unpaired) electrons. The smallest absolute Gasteiger partial charge is 0.309 e. The lowest BCUT2D eigenvalue weighted by Crippen LogP contribution is -2.65. The van der Waals surface area contributed by atoms with E-state index in [1.807, 2.05) is 34.6 Å². The van der Waals surface area contributed by atoms with Gasteiger partial charge in [0.05, 0.1) is 11.3 Å². The van der Waals surface area contributed by atoms with Crippen molar-refractivity contribution in [1.82, 2.24) is 0 Å². The molecule has 0 aromatic heterocycles. The number of ketones is 1. The number of carbonyl (C=O) groups excluding carboxylic acids is 3. The van der Waals surface area contributed by atoms with Crippen molar-refractivity contribution in [2.45, 2.75) is 137 Å². The molecule has 0 aliphatic heterocycles. The molecule has 0 heterocycles. The molecule has 6 unspecified atom stereocenters. The van der Waals surface area contributed by atoms with Crippen LogP contribution in [-0.4, -0.2) is 63.1 Å². The Kier molecular flexibility index (Phi) is 10.0. The van der Waals surface area contributed by atoms with Gasteiger partial charge in [-0.2, -0.15) is 0 Å². The molecule has 0 saturated heterocycles. The maximum Gasteiger partial charge on any atom is 0.309 e. The largest absolute Gasteiger partial charge is 0.461 e. The second-order valence-corrected chi connectivity index (χ2v) is 15.2. The van der Waals surface area contributed by atoms with Gasteiger partial charge in [0.2, 0.25) is 0 Å². The van der Waals surface area contributed by atoms with Gasteiger partial charge in [-0.1, -0.05) is 99.1 Å². The number of Topliss-reactive ketones (excluding diaryl/α,β-unsaturated/α-hetero) is 1. The fourth-order valence-electron chi connectivity index (χ4n) is 8.76. The second kappa shape index (κ2) is 12.6. The summed E-state index contributed by atoms with van der Waals surface area (Å²) >= 11 is 0. The fourth-order valence-corrected chi connectivity index (χ4v) is 8.76. The molecule has 8 heteroatoms. The summed E-state index contributed by atoms with van der Waals surface area (Å²) in [4.78, 5) is 40.8. The Hall–Kier alpha value is -2.03. The van der Waals surface area contributed by atoms with Crippen molar-refractivity contribution in [2.24, 2.45) is 40.4 Å². The minimum Gasteiger partial charge on any atom is -0.461 e. The number of unbranched alkanes of at least 4 members (excludes halogenated alkanes) is 6. The number of aliphatic hydroxyl groups excluding tert-OH is 2. The van der Waals surface area contributed by atoms with Crippen molar-refractivity contribution in [1.29, 1.82) is 0 Å². The Balaban J connectivity index is 1.66. The first-order valence-corrected chi connectivity index (χ1v) is 17.0. The lowest BCUT2D eigenvalue weighted by molar-refractivity contribution is -0.192. The minimum atomic E-state index is -2.27. The van der Waals surface area contributed by atoms with E-state index in [2.05, 4.69) is 6.92 Å². The van der Waals surface area contributed by atoms with Crippen molar-refractivity contribution < 1.29 is 39.2 Å². The maximum absolute atomic E-state index is 14.7. The highest BCUT2D eigenvalue weighted by Gasteiger charge is 2.83. The van der Waals surface area contributed by atoms with Gasteiger partial charge in [0, 0.05) is 23.7 Å². The number of allylic oxidation sites excluding steroid dienone is 1. The second-order valence-electron chi connectivity index (χ2n) is 15.2. The van der Waals surface area contributed by atoms with E-state index in [0.29, 0.717) is 18.4 Å². The lowest BCUT2D eigenvalue weighted by Gasteiger charge is -2.48.